The van der Waals surface area contributed by atoms with Crippen molar-refractivity contribution < 1.29 is 9.53 Å². The predicted octanol–water partition coefficient (Wildman–Crippen LogP) is 1.05. The zero-order valence-corrected chi connectivity index (χ0v) is 11.3. The lowest BCUT2D eigenvalue weighted by Crippen LogP contribution is -2.37. The molecule has 0 saturated heterocycles. The van der Waals surface area contributed by atoms with Crippen LogP contribution in [0.4, 0.5) is 0 Å². The number of hydrogen-bond donors (Lipinski definition) is 1. The van der Waals surface area contributed by atoms with Gasteiger partial charge in [0.05, 0.1) is 13.7 Å². The maximum Gasteiger partial charge on any atom is 0.236 e. The Bertz CT molecular complexity index is 378. The number of carbonyl (C=O) groups excluding carboxylic acids is 1. The molecule has 1 aromatic rings. The smallest absolute Gasteiger partial charge is 0.236 e. The van der Waals surface area contributed by atoms with E-state index in [4.69, 9.17) is 4.74 Å². The molecule has 0 spiro atoms. The molecule has 0 fully saturated rings. The van der Waals surface area contributed by atoms with Gasteiger partial charge in [0.2, 0.25) is 11.8 Å². The Balaban J connectivity index is 2.39. The highest BCUT2D eigenvalue weighted by molar-refractivity contribution is 5.78. The Morgan fingerprint density at radius 1 is 1.44 bits per heavy atom. The van der Waals surface area contributed by atoms with E-state index >= 15 is 0 Å². The number of hydrogen-bond acceptors (Lipinski definition) is 4. The van der Waals surface area contributed by atoms with Gasteiger partial charge >= 0.3 is 0 Å². The van der Waals surface area contributed by atoms with Crippen molar-refractivity contribution in [2.75, 3.05) is 26.7 Å². The first-order chi connectivity index (χ1) is 8.71. The number of likely N-dealkylation sites (N-methyl/N-ethyl adjacent to an activating group) is 1. The number of pyridine rings is 1. The van der Waals surface area contributed by atoms with E-state index in [1.54, 1.807) is 18.2 Å². The van der Waals surface area contributed by atoms with Crippen LogP contribution < -0.4 is 10.1 Å². The Morgan fingerprint density at radius 3 is 2.78 bits per heavy atom. The molecule has 0 atom stereocenters. The van der Waals surface area contributed by atoms with Gasteiger partial charge in [0.1, 0.15) is 0 Å². The Hall–Kier alpha value is -1.62. The van der Waals surface area contributed by atoms with Crippen LogP contribution in [-0.2, 0) is 11.3 Å². The molecule has 0 aromatic carbocycles. The SMILES string of the molecule is CCN(CC)C(=O)CNCc1ccnc(OC)c1. The molecule has 0 aliphatic carbocycles. The minimum atomic E-state index is 0.126. The molecule has 0 aliphatic rings. The van der Waals surface area contributed by atoms with E-state index in [9.17, 15) is 4.79 Å². The van der Waals surface area contributed by atoms with Gasteiger partial charge < -0.3 is 15.0 Å². The second-order valence-corrected chi connectivity index (χ2v) is 3.88. The average molecular weight is 251 g/mol. The molecule has 0 aliphatic heterocycles. The third-order valence-corrected chi connectivity index (χ3v) is 2.73. The number of methoxy groups -OCH3 is 1. The minimum absolute atomic E-state index is 0.126. The topological polar surface area (TPSA) is 54.5 Å². The van der Waals surface area contributed by atoms with Crippen LogP contribution in [0.25, 0.3) is 0 Å². The molecular formula is C13H21N3O2. The van der Waals surface area contributed by atoms with E-state index in [2.05, 4.69) is 10.3 Å². The van der Waals surface area contributed by atoms with Gasteiger partial charge in [-0.15, -0.1) is 0 Å². The van der Waals surface area contributed by atoms with Crippen LogP contribution in [0.3, 0.4) is 0 Å². The number of carbonyl (C=O) groups is 1. The molecule has 5 nitrogen and oxygen atoms in total. The first-order valence-electron chi connectivity index (χ1n) is 6.18. The zero-order valence-electron chi connectivity index (χ0n) is 11.3. The second-order valence-electron chi connectivity index (χ2n) is 3.88. The van der Waals surface area contributed by atoms with Gasteiger partial charge in [-0.25, -0.2) is 4.98 Å². The highest BCUT2D eigenvalue weighted by Crippen LogP contribution is 2.07. The second kappa shape index (κ2) is 7.66. The molecule has 1 rings (SSSR count). The fraction of sp³-hybridized carbons (Fsp3) is 0.538. The van der Waals surface area contributed by atoms with Gasteiger partial charge in [0.15, 0.2) is 0 Å². The van der Waals surface area contributed by atoms with Crippen LogP contribution in [0.15, 0.2) is 18.3 Å². The third kappa shape index (κ3) is 4.33. The maximum atomic E-state index is 11.7. The largest absolute Gasteiger partial charge is 0.481 e. The number of ether oxygens (including phenoxy) is 1. The summed E-state index contributed by atoms with van der Waals surface area (Å²) in [5.41, 5.74) is 1.05. The van der Waals surface area contributed by atoms with E-state index in [0.717, 1.165) is 18.7 Å². The molecule has 0 radical (unpaired) electrons. The monoisotopic (exact) mass is 251 g/mol. The molecule has 0 unspecified atom stereocenters. The molecule has 0 saturated carbocycles. The highest BCUT2D eigenvalue weighted by atomic mass is 16.5. The van der Waals surface area contributed by atoms with Crippen molar-refractivity contribution >= 4 is 5.91 Å². The van der Waals surface area contributed by atoms with Crippen LogP contribution in [0.1, 0.15) is 19.4 Å². The van der Waals surface area contributed by atoms with E-state index in [1.165, 1.54) is 0 Å². The Kier molecular flexibility index (Phi) is 6.14. The summed E-state index contributed by atoms with van der Waals surface area (Å²) in [6, 6.07) is 3.76. The summed E-state index contributed by atoms with van der Waals surface area (Å²) in [7, 11) is 1.59. The van der Waals surface area contributed by atoms with Crippen LogP contribution >= 0.6 is 0 Å². The lowest BCUT2D eigenvalue weighted by Gasteiger charge is -2.18. The number of nitrogens with zero attached hydrogens (tertiary/aromatic N) is 2. The summed E-state index contributed by atoms with van der Waals surface area (Å²) in [6.45, 7) is 6.45. The summed E-state index contributed by atoms with van der Waals surface area (Å²) >= 11 is 0. The molecule has 1 N–H and O–H groups in total. The molecular weight excluding hydrogens is 230 g/mol. The van der Waals surface area contributed by atoms with Crippen molar-refractivity contribution in [2.24, 2.45) is 0 Å². The van der Waals surface area contributed by atoms with Crippen molar-refractivity contribution in [3.05, 3.63) is 23.9 Å². The van der Waals surface area contributed by atoms with Crippen molar-refractivity contribution in [3.63, 3.8) is 0 Å². The zero-order chi connectivity index (χ0) is 13.4. The average Bonchev–Trinajstić information content (AvgIpc) is 2.40. The number of rotatable bonds is 7. The van der Waals surface area contributed by atoms with Crippen molar-refractivity contribution in [3.8, 4) is 5.88 Å². The summed E-state index contributed by atoms with van der Waals surface area (Å²) in [5, 5.41) is 3.13. The molecule has 0 bridgehead atoms. The van der Waals surface area contributed by atoms with Crippen LogP contribution in [-0.4, -0.2) is 42.5 Å². The number of aromatic nitrogens is 1. The fourth-order valence-electron chi connectivity index (χ4n) is 1.67. The van der Waals surface area contributed by atoms with Crippen molar-refractivity contribution in [2.45, 2.75) is 20.4 Å². The van der Waals surface area contributed by atoms with Crippen molar-refractivity contribution in [1.29, 1.82) is 0 Å². The van der Waals surface area contributed by atoms with E-state index in [0.29, 0.717) is 19.0 Å². The van der Waals surface area contributed by atoms with E-state index in [1.807, 2.05) is 26.0 Å². The standard InChI is InChI=1S/C13H21N3O2/c1-4-16(5-2)13(17)10-14-9-11-6-7-15-12(8-11)18-3/h6-8,14H,4-5,9-10H2,1-3H3. The molecule has 100 valence electrons. The molecule has 1 aromatic heterocycles. The first kappa shape index (κ1) is 14.4. The summed E-state index contributed by atoms with van der Waals surface area (Å²) in [6.07, 6.45) is 1.70. The van der Waals surface area contributed by atoms with Crippen molar-refractivity contribution in [1.82, 2.24) is 15.2 Å². The third-order valence-electron chi connectivity index (χ3n) is 2.73. The molecule has 5 heteroatoms. The van der Waals surface area contributed by atoms with Crippen LogP contribution in [0, 0.1) is 0 Å². The summed E-state index contributed by atoms with van der Waals surface area (Å²) < 4.78 is 5.04. The molecule has 1 amide bonds. The van der Waals surface area contributed by atoms with Gasteiger partial charge in [-0.3, -0.25) is 4.79 Å². The minimum Gasteiger partial charge on any atom is -0.481 e. The van der Waals surface area contributed by atoms with Crippen LogP contribution in [0.2, 0.25) is 0 Å². The quantitative estimate of drug-likeness (QED) is 0.787. The lowest BCUT2D eigenvalue weighted by atomic mass is 10.2. The Morgan fingerprint density at radius 2 is 2.17 bits per heavy atom. The summed E-state index contributed by atoms with van der Waals surface area (Å²) in [5.74, 6) is 0.713. The number of amides is 1. The maximum absolute atomic E-state index is 11.7. The predicted molar refractivity (Wildman–Crippen MR) is 70.4 cm³/mol. The lowest BCUT2D eigenvalue weighted by molar-refractivity contribution is -0.129. The molecule has 1 heterocycles. The normalized spacial score (nSPS) is 10.2. The van der Waals surface area contributed by atoms with Crippen LogP contribution in [0.5, 0.6) is 5.88 Å². The van der Waals surface area contributed by atoms with E-state index in [-0.39, 0.29) is 5.91 Å². The fourth-order valence-corrected chi connectivity index (χ4v) is 1.67. The number of nitrogens with one attached hydrogen (secondary N) is 1. The first-order valence-corrected chi connectivity index (χ1v) is 6.18. The van der Waals surface area contributed by atoms with Gasteiger partial charge in [0.25, 0.3) is 0 Å². The van der Waals surface area contributed by atoms with Gasteiger partial charge in [0, 0.05) is 31.9 Å². The van der Waals surface area contributed by atoms with Gasteiger partial charge in [-0.05, 0) is 25.5 Å². The van der Waals surface area contributed by atoms with Gasteiger partial charge in [-0.1, -0.05) is 0 Å². The summed E-state index contributed by atoms with van der Waals surface area (Å²) in [4.78, 5) is 17.6. The Labute approximate surface area is 108 Å². The van der Waals surface area contributed by atoms with E-state index < -0.39 is 0 Å². The molecule has 18 heavy (non-hydrogen) atoms. The highest BCUT2D eigenvalue weighted by Gasteiger charge is 2.08. The van der Waals surface area contributed by atoms with Gasteiger partial charge in [-0.2, -0.15) is 0 Å².